The number of rotatable bonds is 4. The second-order valence-electron chi connectivity index (χ2n) is 5.65. The largest absolute Gasteiger partial charge is 0.383 e. The van der Waals surface area contributed by atoms with Gasteiger partial charge in [0.15, 0.2) is 0 Å². The summed E-state index contributed by atoms with van der Waals surface area (Å²) >= 11 is 0. The van der Waals surface area contributed by atoms with Gasteiger partial charge in [-0.1, -0.05) is 32.6 Å². The van der Waals surface area contributed by atoms with Crippen molar-refractivity contribution in [3.05, 3.63) is 29.6 Å². The van der Waals surface area contributed by atoms with Crippen molar-refractivity contribution in [2.75, 3.05) is 11.9 Å². The third-order valence-corrected chi connectivity index (χ3v) is 4.10. The summed E-state index contributed by atoms with van der Waals surface area (Å²) in [7, 11) is 0. The lowest BCUT2D eigenvalue weighted by atomic mass is 9.81. The van der Waals surface area contributed by atoms with E-state index >= 15 is 0 Å². The maximum absolute atomic E-state index is 13.6. The molecule has 0 atom stereocenters. The highest BCUT2D eigenvalue weighted by Gasteiger charge is 2.17. The van der Waals surface area contributed by atoms with Crippen LogP contribution in [0.25, 0.3) is 0 Å². The minimum absolute atomic E-state index is 0.337. The summed E-state index contributed by atoms with van der Waals surface area (Å²) < 4.78 is 13.6. The maximum atomic E-state index is 13.6. The van der Waals surface area contributed by atoms with Crippen LogP contribution in [0.2, 0.25) is 0 Å². The lowest BCUT2D eigenvalue weighted by Crippen LogP contribution is -2.16. The van der Waals surface area contributed by atoms with Crippen LogP contribution in [-0.2, 0) is 0 Å². The van der Waals surface area contributed by atoms with Crippen molar-refractivity contribution in [3.63, 3.8) is 0 Å². The molecule has 0 aliphatic heterocycles. The Morgan fingerprint density at radius 3 is 2.68 bits per heavy atom. The second kappa shape index (κ2) is 6.56. The molecule has 1 N–H and O–H groups in total. The van der Waals surface area contributed by atoms with Gasteiger partial charge in [-0.2, -0.15) is 5.26 Å². The summed E-state index contributed by atoms with van der Waals surface area (Å²) in [6.45, 7) is 3.13. The molecule has 0 amide bonds. The molecule has 2 nitrogen and oxygen atoms in total. The van der Waals surface area contributed by atoms with Crippen molar-refractivity contribution in [3.8, 4) is 6.07 Å². The highest BCUT2D eigenvalue weighted by atomic mass is 19.1. The lowest BCUT2D eigenvalue weighted by Gasteiger charge is -2.26. The zero-order valence-electron chi connectivity index (χ0n) is 11.5. The average Bonchev–Trinajstić information content (AvgIpc) is 2.42. The van der Waals surface area contributed by atoms with Gasteiger partial charge < -0.3 is 5.32 Å². The first-order chi connectivity index (χ1) is 9.19. The highest BCUT2D eigenvalue weighted by molar-refractivity contribution is 5.48. The van der Waals surface area contributed by atoms with E-state index in [0.29, 0.717) is 11.3 Å². The van der Waals surface area contributed by atoms with Crippen LogP contribution in [0.15, 0.2) is 18.2 Å². The summed E-state index contributed by atoms with van der Waals surface area (Å²) in [6, 6.07) is 6.52. The highest BCUT2D eigenvalue weighted by Crippen LogP contribution is 2.30. The number of anilines is 1. The molecule has 0 radical (unpaired) electrons. The van der Waals surface area contributed by atoms with Crippen LogP contribution >= 0.6 is 0 Å². The maximum Gasteiger partial charge on any atom is 0.147 e. The Morgan fingerprint density at radius 2 is 2.05 bits per heavy atom. The van der Waals surface area contributed by atoms with E-state index in [4.69, 9.17) is 5.26 Å². The van der Waals surface area contributed by atoms with E-state index in [-0.39, 0.29) is 5.82 Å². The van der Waals surface area contributed by atoms with Crippen LogP contribution in [0.4, 0.5) is 10.1 Å². The summed E-state index contributed by atoms with van der Waals surface area (Å²) in [4.78, 5) is 0. The van der Waals surface area contributed by atoms with Crippen LogP contribution < -0.4 is 5.32 Å². The molecule has 1 aliphatic carbocycles. The zero-order valence-corrected chi connectivity index (χ0v) is 11.5. The fraction of sp³-hybridized carbons (Fsp3) is 0.562. The Labute approximate surface area is 114 Å². The first kappa shape index (κ1) is 13.9. The molecule has 19 heavy (non-hydrogen) atoms. The molecule has 1 fully saturated rings. The number of nitrogens with one attached hydrogen (secondary N) is 1. The molecule has 0 unspecified atom stereocenters. The first-order valence-corrected chi connectivity index (χ1v) is 7.12. The number of nitriles is 1. The van der Waals surface area contributed by atoms with Crippen molar-refractivity contribution >= 4 is 5.69 Å². The Bertz CT molecular complexity index is 456. The molecular weight excluding hydrogens is 239 g/mol. The fourth-order valence-electron chi connectivity index (χ4n) is 2.76. The van der Waals surface area contributed by atoms with Crippen molar-refractivity contribution in [2.45, 2.75) is 39.0 Å². The topological polar surface area (TPSA) is 35.8 Å². The van der Waals surface area contributed by atoms with Crippen LogP contribution in [0, 0.1) is 29.0 Å². The third-order valence-electron chi connectivity index (χ3n) is 4.10. The average molecular weight is 260 g/mol. The van der Waals surface area contributed by atoms with E-state index in [9.17, 15) is 4.39 Å². The van der Waals surface area contributed by atoms with Crippen molar-refractivity contribution < 1.29 is 4.39 Å². The lowest BCUT2D eigenvalue weighted by molar-refractivity contribution is 0.282. The summed E-state index contributed by atoms with van der Waals surface area (Å²) in [5.74, 6) is 1.32. The SMILES string of the molecule is CC1CCC(CCNc2ccc(C#N)cc2F)CC1. The van der Waals surface area contributed by atoms with Gasteiger partial charge in [0.25, 0.3) is 0 Å². The Kier molecular flexibility index (Phi) is 4.79. The predicted molar refractivity (Wildman–Crippen MR) is 75.3 cm³/mol. The molecule has 0 bridgehead atoms. The standard InChI is InChI=1S/C16H21FN2/c1-12-2-4-13(5-3-12)8-9-19-16-7-6-14(11-18)10-15(16)17/h6-7,10,12-13,19H,2-5,8-9H2,1H3. The van der Waals surface area contributed by atoms with E-state index in [0.717, 1.165) is 24.8 Å². The summed E-state index contributed by atoms with van der Waals surface area (Å²) in [5, 5.41) is 11.8. The molecule has 1 aromatic rings. The van der Waals surface area contributed by atoms with Gasteiger partial charge in [0, 0.05) is 6.54 Å². The van der Waals surface area contributed by atoms with Gasteiger partial charge in [0.2, 0.25) is 0 Å². The summed E-state index contributed by atoms with van der Waals surface area (Å²) in [6.07, 6.45) is 6.37. The van der Waals surface area contributed by atoms with E-state index in [1.165, 1.54) is 31.7 Å². The Morgan fingerprint density at radius 1 is 1.32 bits per heavy atom. The number of halogens is 1. The van der Waals surface area contributed by atoms with Gasteiger partial charge in [0.05, 0.1) is 17.3 Å². The van der Waals surface area contributed by atoms with Gasteiger partial charge in [-0.15, -0.1) is 0 Å². The van der Waals surface area contributed by atoms with Gasteiger partial charge in [-0.05, 0) is 36.5 Å². The van der Waals surface area contributed by atoms with Crippen molar-refractivity contribution in [1.29, 1.82) is 5.26 Å². The van der Waals surface area contributed by atoms with E-state index in [1.807, 2.05) is 6.07 Å². The Hall–Kier alpha value is -1.56. The number of benzene rings is 1. The van der Waals surface area contributed by atoms with Crippen LogP contribution in [0.5, 0.6) is 0 Å². The third kappa shape index (κ3) is 3.96. The zero-order chi connectivity index (χ0) is 13.7. The van der Waals surface area contributed by atoms with E-state index < -0.39 is 0 Å². The molecule has 0 saturated heterocycles. The molecular formula is C16H21FN2. The molecule has 0 spiro atoms. The molecule has 1 saturated carbocycles. The van der Waals surface area contributed by atoms with Gasteiger partial charge in [0.1, 0.15) is 5.82 Å². The fourth-order valence-corrected chi connectivity index (χ4v) is 2.76. The van der Waals surface area contributed by atoms with E-state index in [2.05, 4.69) is 12.2 Å². The van der Waals surface area contributed by atoms with Crippen LogP contribution in [-0.4, -0.2) is 6.54 Å². The molecule has 102 valence electrons. The van der Waals surface area contributed by atoms with Gasteiger partial charge in [-0.25, -0.2) is 4.39 Å². The first-order valence-electron chi connectivity index (χ1n) is 7.12. The summed E-state index contributed by atoms with van der Waals surface area (Å²) in [5.41, 5.74) is 0.868. The molecule has 2 rings (SSSR count). The number of hydrogen-bond donors (Lipinski definition) is 1. The van der Waals surface area contributed by atoms with Gasteiger partial charge >= 0.3 is 0 Å². The molecule has 3 heteroatoms. The Balaban J connectivity index is 1.78. The molecule has 0 heterocycles. The number of nitrogens with zero attached hydrogens (tertiary/aromatic N) is 1. The van der Waals surface area contributed by atoms with Crippen molar-refractivity contribution in [2.24, 2.45) is 11.8 Å². The second-order valence-corrected chi connectivity index (χ2v) is 5.65. The predicted octanol–water partition coefficient (Wildman–Crippen LogP) is 4.33. The minimum atomic E-state index is -0.337. The van der Waals surface area contributed by atoms with E-state index in [1.54, 1.807) is 12.1 Å². The van der Waals surface area contributed by atoms with Gasteiger partial charge in [-0.3, -0.25) is 0 Å². The molecule has 1 aromatic carbocycles. The minimum Gasteiger partial charge on any atom is -0.383 e. The van der Waals surface area contributed by atoms with Crippen molar-refractivity contribution in [1.82, 2.24) is 0 Å². The smallest absolute Gasteiger partial charge is 0.147 e. The molecule has 0 aromatic heterocycles. The number of hydrogen-bond acceptors (Lipinski definition) is 2. The monoisotopic (exact) mass is 260 g/mol. The van der Waals surface area contributed by atoms with Crippen LogP contribution in [0.3, 0.4) is 0 Å². The molecule has 1 aliphatic rings. The quantitative estimate of drug-likeness (QED) is 0.874. The van der Waals surface area contributed by atoms with Crippen LogP contribution in [0.1, 0.15) is 44.6 Å². The normalized spacial score (nSPS) is 22.8.